The highest BCUT2D eigenvalue weighted by Gasteiger charge is 2.53. The van der Waals surface area contributed by atoms with Crippen LogP contribution in [0.5, 0.6) is 0 Å². The lowest BCUT2D eigenvalue weighted by atomic mass is 9.68. The quantitative estimate of drug-likeness (QED) is 0.172. The first-order valence-electron chi connectivity index (χ1n) is 15.1. The first-order valence-corrected chi connectivity index (χ1v) is 17.6. The smallest absolute Gasteiger partial charge is 0.171 e. The van der Waals surface area contributed by atoms with Gasteiger partial charge in [0.2, 0.25) is 0 Å². The van der Waals surface area contributed by atoms with Gasteiger partial charge in [0, 0.05) is 31.5 Å². The van der Waals surface area contributed by atoms with Crippen LogP contribution >= 0.6 is 23.1 Å². The van der Waals surface area contributed by atoms with Crippen LogP contribution in [0.1, 0.15) is 22.5 Å². The summed E-state index contributed by atoms with van der Waals surface area (Å²) in [5.41, 5.74) is 3.54. The lowest BCUT2D eigenvalue weighted by molar-refractivity contribution is 0.589. The SMILES string of the molecule is O=P1(c2ccccc2)c2ccccc2C(c2ccc(Br)cc2)(c2nc(-c3ccccc3)nc(-c3ccccc3)n2)c2ccccc21. The normalized spacial score (nSPS) is 18.4. The van der Waals surface area contributed by atoms with Gasteiger partial charge in [0.05, 0.1) is 0 Å². The van der Waals surface area contributed by atoms with Crippen molar-refractivity contribution in [3.8, 4) is 22.8 Å². The van der Waals surface area contributed by atoms with E-state index in [0.29, 0.717) is 17.5 Å². The number of benzene rings is 6. The molecule has 0 unspecified atom stereocenters. The highest BCUT2D eigenvalue weighted by Crippen LogP contribution is 2.56. The molecular formula is C40H27BrN3OP. The highest BCUT2D eigenvalue weighted by molar-refractivity contribution is 9.10. The molecule has 46 heavy (non-hydrogen) atoms. The number of hydrogen-bond donors (Lipinski definition) is 0. The second kappa shape index (κ2) is 11.4. The molecule has 6 heteroatoms. The standard InChI is InChI=1S/C40H27BrN3OP/c41-31-26-24-30(25-27-31)40(39-43-37(28-14-4-1-5-15-28)42-38(44-39)29-16-6-2-7-17-29)33-20-10-12-22-35(33)46(45,32-18-8-3-9-19-32)36-23-13-11-21-34(36)40/h1-27H. The molecule has 8 rings (SSSR count). The van der Waals surface area contributed by atoms with E-state index in [-0.39, 0.29) is 0 Å². The number of nitrogens with zero attached hydrogens (tertiary/aromatic N) is 3. The Bertz CT molecular complexity index is 2130. The minimum Gasteiger partial charge on any atom is -0.309 e. The number of halogens is 1. The molecule has 7 aromatic rings. The van der Waals surface area contributed by atoms with Gasteiger partial charge in [-0.3, -0.25) is 0 Å². The average molecular weight is 677 g/mol. The Hall–Kier alpha value is -4.96. The van der Waals surface area contributed by atoms with Gasteiger partial charge in [-0.2, -0.15) is 0 Å². The molecule has 0 spiro atoms. The van der Waals surface area contributed by atoms with Crippen molar-refractivity contribution in [3.05, 3.63) is 191 Å². The van der Waals surface area contributed by atoms with E-state index in [1.807, 2.05) is 140 Å². The Labute approximate surface area is 276 Å². The Morgan fingerprint density at radius 3 is 1.41 bits per heavy atom. The van der Waals surface area contributed by atoms with Gasteiger partial charge in [0.15, 0.2) is 24.6 Å². The molecule has 0 aliphatic carbocycles. The summed E-state index contributed by atoms with van der Waals surface area (Å²) >= 11 is 3.65. The van der Waals surface area contributed by atoms with E-state index in [4.69, 9.17) is 15.0 Å². The van der Waals surface area contributed by atoms with Gasteiger partial charge in [-0.1, -0.05) is 168 Å². The van der Waals surface area contributed by atoms with Gasteiger partial charge < -0.3 is 4.57 Å². The fourth-order valence-electron chi connectivity index (χ4n) is 6.68. The number of rotatable bonds is 5. The van der Waals surface area contributed by atoms with Crippen molar-refractivity contribution >= 4 is 39.0 Å². The van der Waals surface area contributed by atoms with Crippen molar-refractivity contribution in [2.45, 2.75) is 5.41 Å². The lowest BCUT2D eigenvalue weighted by Gasteiger charge is -2.43. The van der Waals surface area contributed by atoms with Crippen molar-refractivity contribution in [1.82, 2.24) is 15.0 Å². The molecule has 0 radical (unpaired) electrons. The molecular weight excluding hydrogens is 649 g/mol. The van der Waals surface area contributed by atoms with Crippen LogP contribution in [0.4, 0.5) is 0 Å². The van der Waals surface area contributed by atoms with E-state index >= 15 is 4.57 Å². The molecule has 0 saturated carbocycles. The maximum Gasteiger partial charge on any atom is 0.171 e. The fourth-order valence-corrected chi connectivity index (χ4v) is 10.1. The first kappa shape index (κ1) is 28.5. The fraction of sp³-hybridized carbons (Fsp3) is 0.0250. The largest absolute Gasteiger partial charge is 0.309 e. The van der Waals surface area contributed by atoms with Crippen LogP contribution in [0.2, 0.25) is 0 Å². The second-order valence-corrected chi connectivity index (χ2v) is 14.9. The summed E-state index contributed by atoms with van der Waals surface area (Å²) in [5.74, 6) is 1.72. The van der Waals surface area contributed by atoms with Crippen molar-refractivity contribution in [2.24, 2.45) is 0 Å². The van der Waals surface area contributed by atoms with Crippen molar-refractivity contribution in [1.29, 1.82) is 0 Å². The topological polar surface area (TPSA) is 55.7 Å². The van der Waals surface area contributed by atoms with Crippen LogP contribution in [0, 0.1) is 0 Å². The van der Waals surface area contributed by atoms with Gasteiger partial charge in [-0.15, -0.1) is 0 Å². The Morgan fingerprint density at radius 1 is 0.478 bits per heavy atom. The minimum absolute atomic E-state index is 0.571. The van der Waals surface area contributed by atoms with E-state index in [9.17, 15) is 0 Å². The summed E-state index contributed by atoms with van der Waals surface area (Å²) in [6, 6.07) is 54.4. The number of hydrogen-bond acceptors (Lipinski definition) is 4. The molecule has 0 atom stereocenters. The number of fused-ring (bicyclic) bond motifs is 2. The van der Waals surface area contributed by atoms with Crippen LogP contribution in [0.3, 0.4) is 0 Å². The zero-order valence-electron chi connectivity index (χ0n) is 24.7. The van der Waals surface area contributed by atoms with Crippen molar-refractivity contribution in [2.75, 3.05) is 0 Å². The average Bonchev–Trinajstić information content (AvgIpc) is 3.13. The van der Waals surface area contributed by atoms with E-state index in [2.05, 4.69) is 40.2 Å². The second-order valence-electron chi connectivity index (χ2n) is 11.3. The summed E-state index contributed by atoms with van der Waals surface area (Å²) in [4.78, 5) is 15.6. The van der Waals surface area contributed by atoms with Crippen LogP contribution in [-0.4, -0.2) is 15.0 Å². The maximum absolute atomic E-state index is 15.8. The van der Waals surface area contributed by atoms with Gasteiger partial charge >= 0.3 is 0 Å². The van der Waals surface area contributed by atoms with Crippen LogP contribution in [-0.2, 0) is 9.98 Å². The van der Waals surface area contributed by atoms with E-state index < -0.39 is 12.6 Å². The van der Waals surface area contributed by atoms with Crippen LogP contribution in [0.15, 0.2) is 168 Å². The molecule has 0 fully saturated rings. The van der Waals surface area contributed by atoms with Gasteiger partial charge in [0.1, 0.15) is 5.41 Å². The summed E-state index contributed by atoms with van der Waals surface area (Å²) in [6.45, 7) is 0. The zero-order chi connectivity index (χ0) is 31.1. The molecule has 1 aliphatic rings. The first-order chi connectivity index (χ1) is 22.6. The van der Waals surface area contributed by atoms with Crippen LogP contribution in [0.25, 0.3) is 22.8 Å². The summed E-state index contributed by atoms with van der Waals surface area (Å²) in [5, 5.41) is 2.36. The van der Waals surface area contributed by atoms with E-state index in [1.54, 1.807) is 0 Å². The molecule has 0 amide bonds. The predicted molar refractivity (Wildman–Crippen MR) is 190 cm³/mol. The van der Waals surface area contributed by atoms with Gasteiger partial charge in [-0.05, 0) is 28.8 Å². The molecule has 6 aromatic carbocycles. The molecule has 0 bridgehead atoms. The summed E-state index contributed by atoms with van der Waals surface area (Å²) < 4.78 is 16.8. The van der Waals surface area contributed by atoms with E-state index in [0.717, 1.165) is 48.2 Å². The Balaban J connectivity index is 1.55. The zero-order valence-corrected chi connectivity index (χ0v) is 27.1. The third-order valence-electron chi connectivity index (χ3n) is 8.73. The Kier molecular flexibility index (Phi) is 7.09. The highest BCUT2D eigenvalue weighted by atomic mass is 79.9. The summed E-state index contributed by atoms with van der Waals surface area (Å²) in [7, 11) is -3.30. The third kappa shape index (κ3) is 4.42. The Morgan fingerprint density at radius 2 is 0.913 bits per heavy atom. The molecule has 1 aromatic heterocycles. The van der Waals surface area contributed by atoms with Crippen molar-refractivity contribution < 1.29 is 4.57 Å². The molecule has 220 valence electrons. The predicted octanol–water partition coefficient (Wildman–Crippen LogP) is 8.30. The van der Waals surface area contributed by atoms with Gasteiger partial charge in [0.25, 0.3) is 0 Å². The molecule has 4 nitrogen and oxygen atoms in total. The van der Waals surface area contributed by atoms with E-state index in [1.165, 1.54) is 0 Å². The van der Waals surface area contributed by atoms with Gasteiger partial charge in [-0.25, -0.2) is 15.0 Å². The number of aromatic nitrogens is 3. The lowest BCUT2D eigenvalue weighted by Crippen LogP contribution is -2.47. The molecule has 1 aliphatic heterocycles. The maximum atomic E-state index is 15.8. The third-order valence-corrected chi connectivity index (χ3v) is 12.4. The minimum atomic E-state index is -3.30. The molecule has 0 N–H and O–H groups in total. The molecule has 0 saturated heterocycles. The molecule has 2 heterocycles. The van der Waals surface area contributed by atoms with Crippen molar-refractivity contribution in [3.63, 3.8) is 0 Å². The monoisotopic (exact) mass is 675 g/mol. The van der Waals surface area contributed by atoms with Crippen LogP contribution < -0.4 is 15.9 Å². The summed E-state index contributed by atoms with van der Waals surface area (Å²) in [6.07, 6.45) is 0.